The molecule has 0 saturated carbocycles. The number of aliphatic carboxylic acids is 3. The molecule has 1 aromatic carbocycles. The van der Waals surface area contributed by atoms with Crippen LogP contribution < -0.4 is 5.73 Å². The number of hydrogen-bond acceptors (Lipinski definition) is 6. The summed E-state index contributed by atoms with van der Waals surface area (Å²) in [6, 6.07) is 4.75. The van der Waals surface area contributed by atoms with Crippen LogP contribution in [0.3, 0.4) is 0 Å². The molecular formula is C30H51NO9. The summed E-state index contributed by atoms with van der Waals surface area (Å²) in [5.74, 6) is -4.16. The first-order valence-electron chi connectivity index (χ1n) is 14.5. The largest absolute Gasteiger partial charge is 0.507 e. The van der Waals surface area contributed by atoms with Crippen molar-refractivity contribution in [1.82, 2.24) is 0 Å². The number of benzene rings is 1. The van der Waals surface area contributed by atoms with E-state index in [9.17, 15) is 19.2 Å². The third-order valence-corrected chi connectivity index (χ3v) is 6.12. The first-order valence-corrected chi connectivity index (χ1v) is 14.5. The molecular weight excluding hydrogens is 518 g/mol. The Labute approximate surface area is 238 Å². The van der Waals surface area contributed by atoms with Gasteiger partial charge >= 0.3 is 23.9 Å². The van der Waals surface area contributed by atoms with E-state index in [2.05, 4.69) is 6.92 Å². The molecule has 1 aromatic rings. The molecule has 0 saturated heterocycles. The Balaban J connectivity index is 0. The maximum Gasteiger partial charge on any atom is 0.339 e. The van der Waals surface area contributed by atoms with Crippen molar-refractivity contribution in [1.29, 1.82) is 0 Å². The number of carboxylic acid groups (broad SMARTS) is 4. The molecule has 40 heavy (non-hydrogen) atoms. The third kappa shape index (κ3) is 27.9. The Morgan fingerprint density at radius 2 is 1.05 bits per heavy atom. The van der Waals surface area contributed by atoms with E-state index in [1.807, 2.05) is 0 Å². The fourth-order valence-corrected chi connectivity index (χ4v) is 3.70. The van der Waals surface area contributed by atoms with E-state index >= 15 is 0 Å². The molecule has 0 fully saturated rings. The SMILES string of the molecule is CCCCCCCCCCCCCCCCCC(=O)O.N[C@@H](CCC(=O)O)C(=O)O.O=C(O)c1ccccc1O. The molecule has 0 aliphatic carbocycles. The minimum atomic E-state index is -1.17. The summed E-state index contributed by atoms with van der Waals surface area (Å²) >= 11 is 0. The zero-order chi connectivity index (χ0) is 30.6. The van der Waals surface area contributed by atoms with Crippen LogP contribution in [0.5, 0.6) is 5.75 Å². The topological polar surface area (TPSA) is 195 Å². The van der Waals surface area contributed by atoms with E-state index in [1.54, 1.807) is 12.1 Å². The van der Waals surface area contributed by atoms with Crippen LogP contribution in [0.4, 0.5) is 0 Å². The lowest BCUT2D eigenvalue weighted by molar-refractivity contribution is -0.140. The molecule has 0 aromatic heterocycles. The normalized spacial score (nSPS) is 10.8. The smallest absolute Gasteiger partial charge is 0.339 e. The Kier molecular flexibility index (Phi) is 26.7. The summed E-state index contributed by atoms with van der Waals surface area (Å²) in [4.78, 5) is 40.5. The zero-order valence-electron chi connectivity index (χ0n) is 24.1. The Morgan fingerprint density at radius 3 is 1.38 bits per heavy atom. The van der Waals surface area contributed by atoms with Crippen molar-refractivity contribution in [2.45, 2.75) is 129 Å². The molecule has 1 atom stereocenters. The number of unbranched alkanes of at least 4 members (excludes halogenated alkanes) is 14. The highest BCUT2D eigenvalue weighted by Crippen LogP contribution is 2.15. The number of carboxylic acids is 4. The monoisotopic (exact) mass is 569 g/mol. The number of carbonyl (C=O) groups is 4. The molecule has 0 radical (unpaired) electrons. The van der Waals surface area contributed by atoms with E-state index in [1.165, 1.54) is 95.6 Å². The first-order chi connectivity index (χ1) is 19.0. The van der Waals surface area contributed by atoms with Gasteiger partial charge in [-0.15, -0.1) is 0 Å². The van der Waals surface area contributed by atoms with Crippen LogP contribution in [0.2, 0.25) is 0 Å². The third-order valence-electron chi connectivity index (χ3n) is 6.12. The lowest BCUT2D eigenvalue weighted by atomic mass is 10.0. The number of phenols is 1. The minimum absolute atomic E-state index is 0.0231. The van der Waals surface area contributed by atoms with Crippen molar-refractivity contribution in [3.8, 4) is 5.75 Å². The molecule has 230 valence electrons. The summed E-state index contributed by atoms with van der Waals surface area (Å²) in [7, 11) is 0. The molecule has 0 bridgehead atoms. The average Bonchev–Trinajstić information content (AvgIpc) is 2.90. The zero-order valence-corrected chi connectivity index (χ0v) is 24.1. The van der Waals surface area contributed by atoms with Crippen molar-refractivity contribution in [3.63, 3.8) is 0 Å². The van der Waals surface area contributed by atoms with Gasteiger partial charge in [-0.1, -0.05) is 109 Å². The van der Waals surface area contributed by atoms with Gasteiger partial charge in [0.25, 0.3) is 0 Å². The molecule has 1 rings (SSSR count). The highest BCUT2D eigenvalue weighted by molar-refractivity contribution is 5.90. The highest BCUT2D eigenvalue weighted by atomic mass is 16.4. The second kappa shape index (κ2) is 27.4. The predicted molar refractivity (Wildman–Crippen MR) is 155 cm³/mol. The fraction of sp³-hybridized carbons (Fsp3) is 0.667. The Morgan fingerprint density at radius 1 is 0.650 bits per heavy atom. The number of rotatable bonds is 21. The molecule has 0 aliphatic rings. The second-order valence-electron chi connectivity index (χ2n) is 9.79. The van der Waals surface area contributed by atoms with Crippen molar-refractivity contribution < 1.29 is 44.7 Å². The molecule has 0 unspecified atom stereocenters. The molecule has 10 heteroatoms. The van der Waals surface area contributed by atoms with Crippen molar-refractivity contribution in [2.24, 2.45) is 5.73 Å². The van der Waals surface area contributed by atoms with Gasteiger partial charge in [0.05, 0.1) is 0 Å². The predicted octanol–water partition coefficient (Wildman–Crippen LogP) is 6.69. The second-order valence-corrected chi connectivity index (χ2v) is 9.79. The standard InChI is InChI=1S/C18H36O2.C7H6O3.C5H9NO4/c1-2-3-4-5-6-7-8-9-10-11-12-13-14-15-16-17-18(19)20;8-6-4-2-1-3-5(6)7(9)10;6-3(5(9)10)1-2-4(7)8/h2-17H2,1H3,(H,19,20);1-4,8H,(H,9,10);3H,1-2,6H2,(H,7,8)(H,9,10)/t;;3-/m..0/s1. The van der Waals surface area contributed by atoms with Crippen LogP contribution in [0.25, 0.3) is 0 Å². The highest BCUT2D eigenvalue weighted by Gasteiger charge is 2.12. The molecule has 10 nitrogen and oxygen atoms in total. The molecule has 0 heterocycles. The molecule has 0 aliphatic heterocycles. The van der Waals surface area contributed by atoms with Gasteiger partial charge in [-0.3, -0.25) is 14.4 Å². The number of para-hydroxylation sites is 1. The lowest BCUT2D eigenvalue weighted by Gasteiger charge is -2.03. The van der Waals surface area contributed by atoms with E-state index in [0.29, 0.717) is 6.42 Å². The Bertz CT molecular complexity index is 814. The van der Waals surface area contributed by atoms with Gasteiger partial charge in [-0.25, -0.2) is 4.79 Å². The number of nitrogens with two attached hydrogens (primary N) is 1. The van der Waals surface area contributed by atoms with Gasteiger partial charge < -0.3 is 31.3 Å². The fourth-order valence-electron chi connectivity index (χ4n) is 3.70. The lowest BCUT2D eigenvalue weighted by Crippen LogP contribution is -2.30. The first kappa shape index (κ1) is 39.0. The molecule has 0 amide bonds. The van der Waals surface area contributed by atoms with Crippen LogP contribution in [-0.4, -0.2) is 55.5 Å². The van der Waals surface area contributed by atoms with Crippen LogP contribution in [0.1, 0.15) is 133 Å². The average molecular weight is 570 g/mol. The van der Waals surface area contributed by atoms with Crippen LogP contribution in [-0.2, 0) is 14.4 Å². The maximum atomic E-state index is 10.3. The number of hydrogen-bond donors (Lipinski definition) is 6. The number of aromatic carboxylic acids is 1. The van der Waals surface area contributed by atoms with Gasteiger partial charge in [0.2, 0.25) is 0 Å². The Hall–Kier alpha value is -3.14. The summed E-state index contributed by atoms with van der Waals surface area (Å²) in [5.41, 5.74) is 4.93. The number of aromatic hydroxyl groups is 1. The van der Waals surface area contributed by atoms with Crippen molar-refractivity contribution in [3.05, 3.63) is 29.8 Å². The van der Waals surface area contributed by atoms with Gasteiger partial charge in [-0.05, 0) is 25.0 Å². The van der Waals surface area contributed by atoms with Crippen LogP contribution >= 0.6 is 0 Å². The van der Waals surface area contributed by atoms with Crippen molar-refractivity contribution in [2.75, 3.05) is 0 Å². The molecule has 7 N–H and O–H groups in total. The summed E-state index contributed by atoms with van der Waals surface area (Å²) in [6.45, 7) is 2.27. The van der Waals surface area contributed by atoms with E-state index in [4.69, 9.17) is 31.3 Å². The van der Waals surface area contributed by atoms with E-state index in [-0.39, 0.29) is 24.2 Å². The van der Waals surface area contributed by atoms with Gasteiger partial charge in [0, 0.05) is 12.8 Å². The van der Waals surface area contributed by atoms with E-state index < -0.39 is 29.9 Å². The maximum absolute atomic E-state index is 10.3. The van der Waals surface area contributed by atoms with Gasteiger partial charge in [0.1, 0.15) is 17.4 Å². The molecule has 0 spiro atoms. The quantitative estimate of drug-likeness (QED) is 0.0868. The summed E-state index contributed by atoms with van der Waals surface area (Å²) in [6.07, 6.45) is 20.0. The van der Waals surface area contributed by atoms with Gasteiger partial charge in [-0.2, -0.15) is 0 Å². The van der Waals surface area contributed by atoms with Crippen molar-refractivity contribution >= 4 is 23.9 Å². The summed E-state index contributed by atoms with van der Waals surface area (Å²) < 4.78 is 0. The van der Waals surface area contributed by atoms with Crippen LogP contribution in [0, 0.1) is 0 Å². The minimum Gasteiger partial charge on any atom is -0.507 e. The summed E-state index contributed by atoms with van der Waals surface area (Å²) in [5, 5.41) is 42.1. The van der Waals surface area contributed by atoms with Gasteiger partial charge in [0.15, 0.2) is 0 Å². The van der Waals surface area contributed by atoms with Crippen LogP contribution in [0.15, 0.2) is 24.3 Å². The van der Waals surface area contributed by atoms with E-state index in [0.717, 1.165) is 12.8 Å².